The van der Waals surface area contributed by atoms with Crippen molar-refractivity contribution in [1.29, 1.82) is 0 Å². The topological polar surface area (TPSA) is 39.7 Å². The van der Waals surface area contributed by atoms with Gasteiger partial charge in [-0.2, -0.15) is 0 Å². The number of hydrogen-bond donors (Lipinski definition) is 1. The van der Waals surface area contributed by atoms with Gasteiger partial charge in [-0.25, -0.2) is 0 Å². The zero-order chi connectivity index (χ0) is 15.4. The minimum atomic E-state index is 0.302. The first-order chi connectivity index (χ1) is 10.7. The zero-order valence-corrected chi connectivity index (χ0v) is 13.0. The number of nitrogens with one attached hydrogen (secondary N) is 1. The Balaban J connectivity index is 1.55. The Morgan fingerprint density at radius 1 is 1.05 bits per heavy atom. The second-order valence-electron chi connectivity index (χ2n) is 5.77. The van der Waals surface area contributed by atoms with Crippen molar-refractivity contribution in [3.63, 3.8) is 0 Å². The molecule has 1 aliphatic rings. The van der Waals surface area contributed by atoms with Crippen molar-refractivity contribution in [2.24, 2.45) is 5.92 Å². The number of ether oxygens (including phenoxy) is 3. The molecule has 0 radical (unpaired) electrons. The smallest absolute Gasteiger partial charge is 0.231 e. The van der Waals surface area contributed by atoms with Crippen LogP contribution in [0.1, 0.15) is 19.4 Å². The van der Waals surface area contributed by atoms with Crippen LogP contribution in [-0.4, -0.2) is 13.4 Å². The molecule has 4 heteroatoms. The molecule has 0 unspecified atom stereocenters. The summed E-state index contributed by atoms with van der Waals surface area (Å²) in [7, 11) is 0. The van der Waals surface area contributed by atoms with E-state index in [0.29, 0.717) is 12.7 Å². The van der Waals surface area contributed by atoms with Crippen molar-refractivity contribution >= 4 is 5.69 Å². The van der Waals surface area contributed by atoms with Gasteiger partial charge in [-0.15, -0.1) is 0 Å². The van der Waals surface area contributed by atoms with Crippen LogP contribution < -0.4 is 19.5 Å². The van der Waals surface area contributed by atoms with Crippen LogP contribution in [0.4, 0.5) is 5.69 Å². The summed E-state index contributed by atoms with van der Waals surface area (Å²) in [6.45, 7) is 6.09. The van der Waals surface area contributed by atoms with Gasteiger partial charge in [0, 0.05) is 18.3 Å². The van der Waals surface area contributed by atoms with E-state index in [1.165, 1.54) is 5.56 Å². The van der Waals surface area contributed by atoms with Crippen LogP contribution in [0.25, 0.3) is 0 Å². The minimum Gasteiger partial charge on any atom is -0.493 e. The van der Waals surface area contributed by atoms with E-state index in [-0.39, 0.29) is 0 Å². The van der Waals surface area contributed by atoms with E-state index < -0.39 is 0 Å². The first-order valence-corrected chi connectivity index (χ1v) is 7.56. The average Bonchev–Trinajstić information content (AvgIpc) is 2.99. The molecule has 0 spiro atoms. The SMILES string of the molecule is CC(C)COc1ccc(CNc2ccc3c(c2)OCO3)cc1. The summed E-state index contributed by atoms with van der Waals surface area (Å²) in [6.07, 6.45) is 0. The van der Waals surface area contributed by atoms with Gasteiger partial charge in [-0.1, -0.05) is 26.0 Å². The lowest BCUT2D eigenvalue weighted by Gasteiger charge is -2.10. The van der Waals surface area contributed by atoms with Gasteiger partial charge in [0.25, 0.3) is 0 Å². The molecule has 4 nitrogen and oxygen atoms in total. The van der Waals surface area contributed by atoms with Crippen molar-refractivity contribution < 1.29 is 14.2 Å². The third-order valence-electron chi connectivity index (χ3n) is 3.38. The largest absolute Gasteiger partial charge is 0.493 e. The van der Waals surface area contributed by atoms with E-state index in [1.54, 1.807) is 0 Å². The molecule has 2 aromatic rings. The zero-order valence-electron chi connectivity index (χ0n) is 13.0. The molecule has 0 fully saturated rings. The average molecular weight is 299 g/mol. The molecule has 0 atom stereocenters. The molecule has 1 heterocycles. The summed E-state index contributed by atoms with van der Waals surface area (Å²) in [5.41, 5.74) is 2.22. The number of benzene rings is 2. The molecular weight excluding hydrogens is 278 g/mol. The fourth-order valence-electron chi connectivity index (χ4n) is 2.18. The molecule has 0 bridgehead atoms. The van der Waals surface area contributed by atoms with Crippen LogP contribution in [0.5, 0.6) is 17.2 Å². The van der Waals surface area contributed by atoms with Crippen molar-refractivity contribution in [1.82, 2.24) is 0 Å². The first-order valence-electron chi connectivity index (χ1n) is 7.56. The van der Waals surface area contributed by atoms with Crippen LogP contribution in [-0.2, 0) is 6.54 Å². The van der Waals surface area contributed by atoms with E-state index >= 15 is 0 Å². The Labute approximate surface area is 131 Å². The van der Waals surface area contributed by atoms with Crippen molar-refractivity contribution in [3.05, 3.63) is 48.0 Å². The predicted molar refractivity (Wildman–Crippen MR) is 86.7 cm³/mol. The number of anilines is 1. The van der Waals surface area contributed by atoms with Gasteiger partial charge in [0.2, 0.25) is 6.79 Å². The monoisotopic (exact) mass is 299 g/mol. The lowest BCUT2D eigenvalue weighted by molar-refractivity contribution is 0.174. The van der Waals surface area contributed by atoms with Crippen LogP contribution in [0.3, 0.4) is 0 Å². The molecule has 2 aromatic carbocycles. The molecule has 116 valence electrons. The maximum Gasteiger partial charge on any atom is 0.231 e. The second-order valence-corrected chi connectivity index (χ2v) is 5.77. The summed E-state index contributed by atoms with van der Waals surface area (Å²) >= 11 is 0. The summed E-state index contributed by atoms with van der Waals surface area (Å²) in [5.74, 6) is 3.05. The lowest BCUT2D eigenvalue weighted by atomic mass is 10.2. The molecule has 0 amide bonds. The summed E-state index contributed by atoms with van der Waals surface area (Å²) < 4.78 is 16.4. The van der Waals surface area contributed by atoms with E-state index in [4.69, 9.17) is 14.2 Å². The summed E-state index contributed by atoms with van der Waals surface area (Å²) in [6, 6.07) is 14.1. The molecule has 1 aliphatic heterocycles. The highest BCUT2D eigenvalue weighted by molar-refractivity contribution is 5.55. The predicted octanol–water partition coefficient (Wildman–Crippen LogP) is 4.06. The number of fused-ring (bicyclic) bond motifs is 1. The van der Waals surface area contributed by atoms with Crippen molar-refractivity contribution in [3.8, 4) is 17.2 Å². The molecule has 1 N–H and O–H groups in total. The van der Waals surface area contributed by atoms with Gasteiger partial charge in [0.1, 0.15) is 5.75 Å². The highest BCUT2D eigenvalue weighted by Gasteiger charge is 2.12. The molecule has 0 aliphatic carbocycles. The van der Waals surface area contributed by atoms with Gasteiger partial charge in [-0.3, -0.25) is 0 Å². The van der Waals surface area contributed by atoms with Gasteiger partial charge >= 0.3 is 0 Å². The van der Waals surface area contributed by atoms with E-state index in [9.17, 15) is 0 Å². The fourth-order valence-corrected chi connectivity index (χ4v) is 2.18. The third kappa shape index (κ3) is 3.64. The molecular formula is C18H21NO3. The van der Waals surface area contributed by atoms with Gasteiger partial charge in [-0.05, 0) is 35.7 Å². The Morgan fingerprint density at radius 3 is 2.59 bits per heavy atom. The first kappa shape index (κ1) is 14.6. The number of hydrogen-bond acceptors (Lipinski definition) is 4. The molecule has 22 heavy (non-hydrogen) atoms. The van der Waals surface area contributed by atoms with Crippen molar-refractivity contribution in [2.45, 2.75) is 20.4 Å². The Bertz CT molecular complexity index is 623. The van der Waals surface area contributed by atoms with Crippen LogP contribution in [0.2, 0.25) is 0 Å². The van der Waals surface area contributed by atoms with Crippen LogP contribution in [0.15, 0.2) is 42.5 Å². The minimum absolute atomic E-state index is 0.302. The van der Waals surface area contributed by atoms with Gasteiger partial charge in [0.05, 0.1) is 6.61 Å². The van der Waals surface area contributed by atoms with Crippen molar-refractivity contribution in [2.75, 3.05) is 18.7 Å². The highest BCUT2D eigenvalue weighted by atomic mass is 16.7. The summed E-state index contributed by atoms with van der Waals surface area (Å²) in [5, 5.41) is 3.38. The lowest BCUT2D eigenvalue weighted by Crippen LogP contribution is -2.04. The van der Waals surface area contributed by atoms with Gasteiger partial charge < -0.3 is 19.5 Å². The van der Waals surface area contributed by atoms with E-state index in [2.05, 4.69) is 31.3 Å². The maximum atomic E-state index is 5.68. The number of rotatable bonds is 6. The van der Waals surface area contributed by atoms with Crippen LogP contribution >= 0.6 is 0 Å². The van der Waals surface area contributed by atoms with E-state index in [0.717, 1.165) is 36.1 Å². The second kappa shape index (κ2) is 6.60. The quantitative estimate of drug-likeness (QED) is 0.873. The Hall–Kier alpha value is -2.36. The molecule has 0 saturated carbocycles. The maximum absolute atomic E-state index is 5.68. The molecule has 3 rings (SSSR count). The summed E-state index contributed by atoms with van der Waals surface area (Å²) in [4.78, 5) is 0. The standard InChI is InChI=1S/C18H21NO3/c1-13(2)11-20-16-6-3-14(4-7-16)10-19-15-5-8-17-18(9-15)22-12-21-17/h3-9,13,19H,10-12H2,1-2H3. The van der Waals surface area contributed by atoms with Gasteiger partial charge in [0.15, 0.2) is 11.5 Å². The molecule has 0 saturated heterocycles. The van der Waals surface area contributed by atoms with E-state index in [1.807, 2.05) is 30.3 Å². The third-order valence-corrected chi connectivity index (χ3v) is 3.38. The Morgan fingerprint density at radius 2 is 1.82 bits per heavy atom. The fraction of sp³-hybridized carbons (Fsp3) is 0.333. The Kier molecular flexibility index (Phi) is 4.37. The highest BCUT2D eigenvalue weighted by Crippen LogP contribution is 2.34. The molecule has 0 aromatic heterocycles. The van der Waals surface area contributed by atoms with Crippen LogP contribution in [0, 0.1) is 5.92 Å². The normalized spacial score (nSPS) is 12.5.